The molecule has 3 atom stereocenters. The van der Waals surface area contributed by atoms with E-state index in [4.69, 9.17) is 0 Å². The molecule has 2 heteroatoms. The van der Waals surface area contributed by atoms with E-state index >= 15 is 0 Å². The summed E-state index contributed by atoms with van der Waals surface area (Å²) in [5.74, 6) is 1.81. The Kier molecular flexibility index (Phi) is 2.07. The normalized spacial score (nSPS) is 40.8. The van der Waals surface area contributed by atoms with Crippen LogP contribution in [0.3, 0.4) is 0 Å². The van der Waals surface area contributed by atoms with Gasteiger partial charge in [-0.2, -0.15) is 0 Å². The van der Waals surface area contributed by atoms with Crippen LogP contribution in [-0.2, 0) is 4.79 Å². The predicted octanol–water partition coefficient (Wildman–Crippen LogP) is 1.70. The standard InChI is InChI=1S/C10H17NO/c1-2-7-3-4-8-6-10(12)11-9(8)5-7/h7-9H,2-6H2,1H3,(H,11,12). The van der Waals surface area contributed by atoms with Gasteiger partial charge in [-0.05, 0) is 24.7 Å². The fourth-order valence-electron chi connectivity index (χ4n) is 2.62. The number of amides is 1. The summed E-state index contributed by atoms with van der Waals surface area (Å²) in [6, 6.07) is 0.524. The van der Waals surface area contributed by atoms with Crippen LogP contribution in [0.4, 0.5) is 0 Å². The van der Waals surface area contributed by atoms with E-state index < -0.39 is 0 Å². The molecule has 68 valence electrons. The molecule has 0 aromatic heterocycles. The highest BCUT2D eigenvalue weighted by molar-refractivity contribution is 5.79. The van der Waals surface area contributed by atoms with Crippen molar-refractivity contribution in [3.63, 3.8) is 0 Å². The maximum Gasteiger partial charge on any atom is 0.220 e. The number of hydrogen-bond acceptors (Lipinski definition) is 1. The van der Waals surface area contributed by atoms with Crippen molar-refractivity contribution < 1.29 is 4.79 Å². The Morgan fingerprint density at radius 2 is 2.33 bits per heavy atom. The largest absolute Gasteiger partial charge is 0.353 e. The summed E-state index contributed by atoms with van der Waals surface area (Å²) in [4.78, 5) is 11.1. The van der Waals surface area contributed by atoms with E-state index in [0.717, 1.165) is 12.3 Å². The highest BCUT2D eigenvalue weighted by Crippen LogP contribution is 2.35. The molecule has 12 heavy (non-hydrogen) atoms. The van der Waals surface area contributed by atoms with E-state index in [2.05, 4.69) is 12.2 Å². The minimum absolute atomic E-state index is 0.279. The van der Waals surface area contributed by atoms with E-state index in [9.17, 15) is 4.79 Å². The van der Waals surface area contributed by atoms with Gasteiger partial charge in [0, 0.05) is 12.5 Å². The fraction of sp³-hybridized carbons (Fsp3) is 0.900. The van der Waals surface area contributed by atoms with Crippen molar-refractivity contribution in [2.45, 2.75) is 45.1 Å². The van der Waals surface area contributed by atoms with Crippen LogP contribution in [0.25, 0.3) is 0 Å². The maximum absolute atomic E-state index is 11.1. The van der Waals surface area contributed by atoms with Crippen LogP contribution in [0.1, 0.15) is 39.0 Å². The van der Waals surface area contributed by atoms with Crippen LogP contribution in [0.2, 0.25) is 0 Å². The summed E-state index contributed by atoms with van der Waals surface area (Å²) in [5, 5.41) is 3.08. The molecule has 2 nitrogen and oxygen atoms in total. The lowest BCUT2D eigenvalue weighted by Gasteiger charge is -2.30. The lowest BCUT2D eigenvalue weighted by Crippen LogP contribution is -2.34. The second-order valence-corrected chi connectivity index (χ2v) is 4.23. The van der Waals surface area contributed by atoms with Crippen molar-refractivity contribution in [3.05, 3.63) is 0 Å². The number of carbonyl (C=O) groups is 1. The topological polar surface area (TPSA) is 29.1 Å². The van der Waals surface area contributed by atoms with Crippen LogP contribution in [0, 0.1) is 11.8 Å². The van der Waals surface area contributed by atoms with E-state index in [1.54, 1.807) is 0 Å². The van der Waals surface area contributed by atoms with Crippen molar-refractivity contribution in [1.82, 2.24) is 5.32 Å². The number of hydrogen-bond donors (Lipinski definition) is 1. The summed E-state index contributed by atoms with van der Waals surface area (Å²) in [6.45, 7) is 2.25. The fourth-order valence-corrected chi connectivity index (χ4v) is 2.62. The van der Waals surface area contributed by atoms with Crippen molar-refractivity contribution in [1.29, 1.82) is 0 Å². The molecule has 1 N–H and O–H groups in total. The first-order valence-corrected chi connectivity index (χ1v) is 5.09. The Morgan fingerprint density at radius 3 is 3.08 bits per heavy atom. The quantitative estimate of drug-likeness (QED) is 0.632. The molecule has 2 rings (SSSR count). The molecule has 1 aliphatic heterocycles. The first-order valence-electron chi connectivity index (χ1n) is 5.09. The van der Waals surface area contributed by atoms with Gasteiger partial charge in [0.15, 0.2) is 0 Å². The molecule has 0 spiro atoms. The third-order valence-electron chi connectivity index (χ3n) is 3.47. The third-order valence-corrected chi connectivity index (χ3v) is 3.47. The summed E-state index contributed by atoms with van der Waals surface area (Å²) in [5.41, 5.74) is 0. The van der Waals surface area contributed by atoms with Gasteiger partial charge >= 0.3 is 0 Å². The zero-order valence-corrected chi connectivity index (χ0v) is 7.68. The molecule has 1 saturated carbocycles. The molecule has 1 saturated heterocycles. The molecular weight excluding hydrogens is 150 g/mol. The van der Waals surface area contributed by atoms with Gasteiger partial charge in [-0.3, -0.25) is 4.79 Å². The van der Waals surface area contributed by atoms with E-state index in [1.807, 2.05) is 0 Å². The lowest BCUT2D eigenvalue weighted by atomic mass is 9.78. The predicted molar refractivity (Wildman–Crippen MR) is 47.7 cm³/mol. The average molecular weight is 167 g/mol. The molecule has 0 radical (unpaired) electrons. The number of nitrogens with one attached hydrogen (secondary N) is 1. The summed E-state index contributed by atoms with van der Waals surface area (Å²) in [7, 11) is 0. The Balaban J connectivity index is 1.97. The summed E-state index contributed by atoms with van der Waals surface area (Å²) >= 11 is 0. The molecule has 1 heterocycles. The molecule has 0 aromatic carbocycles. The number of rotatable bonds is 1. The van der Waals surface area contributed by atoms with Gasteiger partial charge in [0.2, 0.25) is 5.91 Å². The molecule has 3 unspecified atom stereocenters. The van der Waals surface area contributed by atoms with Gasteiger partial charge < -0.3 is 5.32 Å². The average Bonchev–Trinajstić information content (AvgIpc) is 2.43. The van der Waals surface area contributed by atoms with Crippen LogP contribution < -0.4 is 5.32 Å². The van der Waals surface area contributed by atoms with Crippen molar-refractivity contribution >= 4 is 5.91 Å². The highest BCUT2D eigenvalue weighted by atomic mass is 16.2. The summed E-state index contributed by atoms with van der Waals surface area (Å²) in [6.07, 6.45) is 5.90. The maximum atomic E-state index is 11.1. The Bertz CT molecular complexity index is 190. The third kappa shape index (κ3) is 1.35. The number of carbonyl (C=O) groups excluding carboxylic acids is 1. The monoisotopic (exact) mass is 167 g/mol. The molecular formula is C10H17NO. The van der Waals surface area contributed by atoms with Crippen molar-refractivity contribution in [3.8, 4) is 0 Å². The Morgan fingerprint density at radius 1 is 1.50 bits per heavy atom. The minimum atomic E-state index is 0.279. The molecule has 1 amide bonds. The van der Waals surface area contributed by atoms with Gasteiger partial charge in [0.05, 0.1) is 0 Å². The van der Waals surface area contributed by atoms with Crippen LogP contribution in [0.5, 0.6) is 0 Å². The molecule has 1 aliphatic carbocycles. The van der Waals surface area contributed by atoms with E-state index in [-0.39, 0.29) is 5.91 Å². The second-order valence-electron chi connectivity index (χ2n) is 4.23. The van der Waals surface area contributed by atoms with Gasteiger partial charge in [-0.15, -0.1) is 0 Å². The lowest BCUT2D eigenvalue weighted by molar-refractivity contribution is -0.119. The van der Waals surface area contributed by atoms with Gasteiger partial charge in [-0.25, -0.2) is 0 Å². The highest BCUT2D eigenvalue weighted by Gasteiger charge is 2.36. The SMILES string of the molecule is CCC1CCC2CC(=O)NC2C1. The zero-order valence-electron chi connectivity index (χ0n) is 7.68. The summed E-state index contributed by atoms with van der Waals surface area (Å²) < 4.78 is 0. The van der Waals surface area contributed by atoms with E-state index in [0.29, 0.717) is 12.0 Å². The second kappa shape index (κ2) is 3.08. The Hall–Kier alpha value is -0.530. The molecule has 2 aliphatic rings. The van der Waals surface area contributed by atoms with Crippen LogP contribution >= 0.6 is 0 Å². The molecule has 2 fully saturated rings. The van der Waals surface area contributed by atoms with E-state index in [1.165, 1.54) is 25.7 Å². The van der Waals surface area contributed by atoms with Gasteiger partial charge in [-0.1, -0.05) is 19.8 Å². The minimum Gasteiger partial charge on any atom is -0.353 e. The molecule has 0 bridgehead atoms. The number of fused-ring (bicyclic) bond motifs is 1. The first kappa shape index (κ1) is 8.09. The van der Waals surface area contributed by atoms with Crippen LogP contribution in [0.15, 0.2) is 0 Å². The van der Waals surface area contributed by atoms with Crippen molar-refractivity contribution in [2.75, 3.05) is 0 Å². The Labute approximate surface area is 73.7 Å². The smallest absolute Gasteiger partial charge is 0.220 e. The molecule has 0 aromatic rings. The van der Waals surface area contributed by atoms with Gasteiger partial charge in [0.25, 0.3) is 0 Å². The van der Waals surface area contributed by atoms with Gasteiger partial charge in [0.1, 0.15) is 0 Å². The van der Waals surface area contributed by atoms with Crippen molar-refractivity contribution in [2.24, 2.45) is 11.8 Å². The zero-order chi connectivity index (χ0) is 8.55. The van der Waals surface area contributed by atoms with Crippen LogP contribution in [-0.4, -0.2) is 11.9 Å². The first-order chi connectivity index (χ1) is 5.79.